The van der Waals surface area contributed by atoms with Crippen molar-refractivity contribution in [2.24, 2.45) is 0 Å². The van der Waals surface area contributed by atoms with E-state index < -0.39 is 11.1 Å². The van der Waals surface area contributed by atoms with Crippen molar-refractivity contribution in [1.29, 1.82) is 0 Å². The third kappa shape index (κ3) is 4.82. The Morgan fingerprint density at radius 3 is 2.55 bits per heavy atom. The maximum absolute atomic E-state index is 12.7. The molecule has 122 valence electrons. The lowest BCUT2D eigenvalue weighted by Crippen LogP contribution is -2.64. The van der Waals surface area contributed by atoms with Crippen LogP contribution < -0.4 is 10.6 Å². The Kier molecular flexibility index (Phi) is 5.59. The Labute approximate surface area is 133 Å². The molecule has 1 unspecified atom stereocenters. The summed E-state index contributed by atoms with van der Waals surface area (Å²) in [7, 11) is 0. The van der Waals surface area contributed by atoms with Crippen LogP contribution in [0.1, 0.15) is 39.2 Å². The van der Waals surface area contributed by atoms with Crippen molar-refractivity contribution in [2.45, 2.75) is 51.2 Å². The molecule has 1 aliphatic rings. The van der Waals surface area contributed by atoms with Gasteiger partial charge < -0.3 is 10.1 Å². The zero-order chi connectivity index (χ0) is 16.1. The van der Waals surface area contributed by atoms with Gasteiger partial charge in [-0.1, -0.05) is 30.3 Å². The van der Waals surface area contributed by atoms with Crippen molar-refractivity contribution in [1.82, 2.24) is 10.6 Å². The molecule has 1 fully saturated rings. The molecule has 1 saturated heterocycles. The van der Waals surface area contributed by atoms with Gasteiger partial charge in [-0.2, -0.15) is 0 Å². The number of nitrogens with one attached hydrogen (secondary N) is 2. The summed E-state index contributed by atoms with van der Waals surface area (Å²) in [6.07, 6.45) is 2.72. The van der Waals surface area contributed by atoms with E-state index in [2.05, 4.69) is 34.9 Å². The number of hydrogen-bond donors (Lipinski definition) is 2. The summed E-state index contributed by atoms with van der Waals surface area (Å²) >= 11 is 0. The number of hydrogen-bond acceptors (Lipinski definition) is 4. The Balaban J connectivity index is 1.98. The smallest absolute Gasteiger partial charge is 0.328 e. The normalized spacial score (nSPS) is 22.3. The van der Waals surface area contributed by atoms with Crippen molar-refractivity contribution in [3.63, 3.8) is 0 Å². The average molecular weight is 304 g/mol. The lowest BCUT2D eigenvalue weighted by atomic mass is 9.89. The number of rotatable bonds is 5. The van der Waals surface area contributed by atoms with E-state index in [1.165, 1.54) is 5.56 Å². The predicted molar refractivity (Wildman–Crippen MR) is 88.8 cm³/mol. The molecule has 0 bridgehead atoms. The monoisotopic (exact) mass is 304 g/mol. The average Bonchev–Trinajstić information content (AvgIpc) is 2.47. The zero-order valence-corrected chi connectivity index (χ0v) is 13.9. The van der Waals surface area contributed by atoms with Crippen LogP contribution >= 0.6 is 0 Å². The highest BCUT2D eigenvalue weighted by Crippen LogP contribution is 2.21. The first kappa shape index (κ1) is 17.0. The Morgan fingerprint density at radius 2 is 1.95 bits per heavy atom. The van der Waals surface area contributed by atoms with Gasteiger partial charge >= 0.3 is 5.97 Å². The quantitative estimate of drug-likeness (QED) is 0.820. The second kappa shape index (κ2) is 7.25. The second-order valence-electron chi connectivity index (χ2n) is 7.03. The summed E-state index contributed by atoms with van der Waals surface area (Å²) in [4.78, 5) is 12.7. The highest BCUT2D eigenvalue weighted by molar-refractivity contribution is 5.81. The highest BCUT2D eigenvalue weighted by atomic mass is 16.6. The third-order valence-electron chi connectivity index (χ3n) is 3.89. The predicted octanol–water partition coefficient (Wildman–Crippen LogP) is 2.28. The maximum Gasteiger partial charge on any atom is 0.328 e. The van der Waals surface area contributed by atoms with Gasteiger partial charge in [0.15, 0.2) is 0 Å². The van der Waals surface area contributed by atoms with Crippen LogP contribution in [0.2, 0.25) is 0 Å². The number of carbonyl (C=O) groups is 1. The van der Waals surface area contributed by atoms with Crippen molar-refractivity contribution in [3.8, 4) is 0 Å². The van der Waals surface area contributed by atoms with E-state index in [1.54, 1.807) is 0 Å². The van der Waals surface area contributed by atoms with Gasteiger partial charge in [0.25, 0.3) is 0 Å². The molecule has 1 heterocycles. The summed E-state index contributed by atoms with van der Waals surface area (Å²) in [5, 5.41) is 6.73. The van der Waals surface area contributed by atoms with Crippen molar-refractivity contribution >= 4 is 5.97 Å². The topological polar surface area (TPSA) is 50.4 Å². The van der Waals surface area contributed by atoms with Crippen LogP contribution in [0.3, 0.4) is 0 Å². The lowest BCUT2D eigenvalue weighted by molar-refractivity contribution is -0.164. The molecule has 22 heavy (non-hydrogen) atoms. The fourth-order valence-corrected chi connectivity index (χ4v) is 2.79. The zero-order valence-electron chi connectivity index (χ0n) is 13.9. The van der Waals surface area contributed by atoms with E-state index in [0.29, 0.717) is 6.54 Å². The Hall–Kier alpha value is -1.39. The molecule has 2 rings (SSSR count). The number of ether oxygens (including phenoxy) is 1. The highest BCUT2D eigenvalue weighted by Gasteiger charge is 2.42. The molecule has 0 amide bonds. The molecule has 0 spiro atoms. The maximum atomic E-state index is 12.7. The fraction of sp³-hybridized carbons (Fsp3) is 0.611. The van der Waals surface area contributed by atoms with Gasteiger partial charge in [-0.25, -0.2) is 4.79 Å². The molecular weight excluding hydrogens is 276 g/mol. The van der Waals surface area contributed by atoms with Crippen LogP contribution in [0, 0.1) is 0 Å². The van der Waals surface area contributed by atoms with Gasteiger partial charge in [-0.15, -0.1) is 0 Å². The van der Waals surface area contributed by atoms with Crippen LogP contribution in [-0.4, -0.2) is 36.7 Å². The van der Waals surface area contributed by atoms with E-state index in [4.69, 9.17) is 4.74 Å². The number of benzene rings is 1. The van der Waals surface area contributed by atoms with E-state index in [9.17, 15) is 4.79 Å². The molecule has 4 nitrogen and oxygen atoms in total. The molecule has 1 atom stereocenters. The summed E-state index contributed by atoms with van der Waals surface area (Å²) < 4.78 is 5.64. The Morgan fingerprint density at radius 1 is 1.23 bits per heavy atom. The molecule has 4 heteroatoms. The first-order chi connectivity index (χ1) is 10.4. The number of piperazine rings is 1. The van der Waals surface area contributed by atoms with Gasteiger partial charge in [0.1, 0.15) is 11.1 Å². The molecule has 0 saturated carbocycles. The molecule has 0 aliphatic carbocycles. The van der Waals surface area contributed by atoms with Crippen LogP contribution in [-0.2, 0) is 16.0 Å². The van der Waals surface area contributed by atoms with E-state index >= 15 is 0 Å². The van der Waals surface area contributed by atoms with Crippen LogP contribution in [0.4, 0.5) is 0 Å². The van der Waals surface area contributed by atoms with Gasteiger partial charge in [0.2, 0.25) is 0 Å². The SMILES string of the molecule is CC(C)(C)OC(=O)C1(CCCc2ccccc2)CNCCN1. The van der Waals surface area contributed by atoms with Crippen molar-refractivity contribution in [3.05, 3.63) is 35.9 Å². The fourth-order valence-electron chi connectivity index (χ4n) is 2.79. The summed E-state index contributed by atoms with van der Waals surface area (Å²) in [6.45, 7) is 8.07. The van der Waals surface area contributed by atoms with Gasteiger partial charge in [0.05, 0.1) is 0 Å². The summed E-state index contributed by atoms with van der Waals surface area (Å²) in [6, 6.07) is 10.4. The molecular formula is C18H28N2O2. The van der Waals surface area contributed by atoms with Crippen LogP contribution in [0.15, 0.2) is 30.3 Å². The minimum absolute atomic E-state index is 0.139. The number of esters is 1. The molecule has 1 aliphatic heterocycles. The number of carbonyl (C=O) groups excluding carboxylic acids is 1. The molecule has 2 N–H and O–H groups in total. The van der Waals surface area contributed by atoms with E-state index in [1.807, 2.05) is 26.8 Å². The minimum Gasteiger partial charge on any atom is -0.459 e. The standard InChI is InChI=1S/C18H28N2O2/c1-17(2,3)22-16(21)18(14-19-12-13-20-18)11-7-10-15-8-5-4-6-9-15/h4-6,8-9,19-20H,7,10-14H2,1-3H3. The largest absolute Gasteiger partial charge is 0.459 e. The Bertz CT molecular complexity index is 474. The molecule has 0 radical (unpaired) electrons. The summed E-state index contributed by atoms with van der Waals surface area (Å²) in [5.74, 6) is -0.139. The minimum atomic E-state index is -0.597. The first-order valence-electron chi connectivity index (χ1n) is 8.14. The van der Waals surface area contributed by atoms with Crippen molar-refractivity contribution in [2.75, 3.05) is 19.6 Å². The summed E-state index contributed by atoms with van der Waals surface area (Å²) in [5.41, 5.74) is 0.258. The van der Waals surface area contributed by atoms with E-state index in [0.717, 1.165) is 32.4 Å². The molecule has 0 aromatic heterocycles. The van der Waals surface area contributed by atoms with Gasteiger partial charge in [-0.05, 0) is 45.6 Å². The third-order valence-corrected chi connectivity index (χ3v) is 3.89. The first-order valence-corrected chi connectivity index (χ1v) is 8.14. The molecule has 1 aromatic rings. The van der Waals surface area contributed by atoms with Crippen molar-refractivity contribution < 1.29 is 9.53 Å². The lowest BCUT2D eigenvalue weighted by Gasteiger charge is -2.38. The van der Waals surface area contributed by atoms with E-state index in [-0.39, 0.29) is 5.97 Å². The van der Waals surface area contributed by atoms with Gasteiger partial charge in [-0.3, -0.25) is 5.32 Å². The number of aryl methyl sites for hydroxylation is 1. The van der Waals surface area contributed by atoms with Crippen LogP contribution in [0.5, 0.6) is 0 Å². The van der Waals surface area contributed by atoms with Gasteiger partial charge in [0, 0.05) is 19.6 Å². The second-order valence-corrected chi connectivity index (χ2v) is 7.03. The van der Waals surface area contributed by atoms with Crippen LogP contribution in [0.25, 0.3) is 0 Å². The molecule has 1 aromatic carbocycles.